The highest BCUT2D eigenvalue weighted by molar-refractivity contribution is 6.31. The highest BCUT2D eigenvalue weighted by Crippen LogP contribution is 2.34. The molecule has 5 nitrogen and oxygen atoms in total. The molecule has 0 saturated carbocycles. The summed E-state index contributed by atoms with van der Waals surface area (Å²) >= 11 is 11.8. The molecule has 0 saturated heterocycles. The number of benzene rings is 1. The van der Waals surface area contributed by atoms with Crippen LogP contribution in [0.1, 0.15) is 18.5 Å². The summed E-state index contributed by atoms with van der Waals surface area (Å²) in [6, 6.07) is 2.42. The maximum atomic E-state index is 14.2. The second-order valence-corrected chi connectivity index (χ2v) is 5.09. The molecule has 0 fully saturated rings. The number of hydrogen-bond donors (Lipinski definition) is 2. The molecule has 2 amide bonds. The van der Waals surface area contributed by atoms with Gasteiger partial charge in [0, 0.05) is 16.3 Å². The van der Waals surface area contributed by atoms with Gasteiger partial charge in [0.2, 0.25) is 0 Å². The Labute approximate surface area is 136 Å². The van der Waals surface area contributed by atoms with Crippen LogP contribution in [0.5, 0.6) is 0 Å². The highest BCUT2D eigenvalue weighted by Gasteiger charge is 2.35. The van der Waals surface area contributed by atoms with Gasteiger partial charge < -0.3 is 15.4 Å². The fraction of sp³-hybridized carbons (Fsp3) is 0.286. The summed E-state index contributed by atoms with van der Waals surface area (Å²) in [5.41, 5.74) is 0.182. The van der Waals surface area contributed by atoms with Crippen molar-refractivity contribution >= 4 is 35.2 Å². The average Bonchev–Trinajstić information content (AvgIpc) is 2.46. The van der Waals surface area contributed by atoms with E-state index in [1.165, 1.54) is 18.2 Å². The number of alkyl halides is 1. The van der Waals surface area contributed by atoms with Crippen molar-refractivity contribution in [3.8, 4) is 0 Å². The quantitative estimate of drug-likeness (QED) is 0.650. The summed E-state index contributed by atoms with van der Waals surface area (Å²) in [7, 11) is 0. The van der Waals surface area contributed by atoms with Crippen molar-refractivity contribution in [2.45, 2.75) is 13.0 Å². The van der Waals surface area contributed by atoms with Gasteiger partial charge in [-0.3, -0.25) is 0 Å². The zero-order valence-corrected chi connectivity index (χ0v) is 13.1. The van der Waals surface area contributed by atoms with Crippen LogP contribution in [-0.4, -0.2) is 24.5 Å². The van der Waals surface area contributed by atoms with Gasteiger partial charge in [0.25, 0.3) is 0 Å². The predicted octanol–water partition coefficient (Wildman–Crippen LogP) is 2.89. The second kappa shape index (κ2) is 6.98. The van der Waals surface area contributed by atoms with Crippen LogP contribution in [0.25, 0.3) is 0 Å². The number of amides is 2. The number of urea groups is 1. The van der Waals surface area contributed by atoms with Gasteiger partial charge in [-0.1, -0.05) is 17.7 Å². The van der Waals surface area contributed by atoms with Gasteiger partial charge in [-0.2, -0.15) is 0 Å². The van der Waals surface area contributed by atoms with Crippen LogP contribution in [0, 0.1) is 5.82 Å². The molecule has 118 valence electrons. The fourth-order valence-corrected chi connectivity index (χ4v) is 2.66. The zero-order valence-electron chi connectivity index (χ0n) is 11.6. The van der Waals surface area contributed by atoms with E-state index in [1.807, 2.05) is 0 Å². The maximum Gasteiger partial charge on any atom is 0.338 e. The first-order chi connectivity index (χ1) is 10.5. The third-order valence-electron chi connectivity index (χ3n) is 3.07. The Morgan fingerprint density at radius 3 is 2.77 bits per heavy atom. The average molecular weight is 347 g/mol. The lowest BCUT2D eigenvalue weighted by Crippen LogP contribution is -2.46. The Balaban J connectivity index is 2.60. The van der Waals surface area contributed by atoms with Gasteiger partial charge >= 0.3 is 12.0 Å². The summed E-state index contributed by atoms with van der Waals surface area (Å²) in [6.07, 6.45) is 0. The summed E-state index contributed by atoms with van der Waals surface area (Å²) in [5, 5.41) is 4.99. The van der Waals surface area contributed by atoms with Crippen LogP contribution in [0.4, 0.5) is 9.18 Å². The molecule has 22 heavy (non-hydrogen) atoms. The van der Waals surface area contributed by atoms with Crippen molar-refractivity contribution < 1.29 is 18.7 Å². The van der Waals surface area contributed by atoms with Crippen molar-refractivity contribution in [1.29, 1.82) is 0 Å². The Kier molecular flexibility index (Phi) is 5.26. The Hall–Kier alpha value is -1.79. The van der Waals surface area contributed by atoms with E-state index >= 15 is 0 Å². The van der Waals surface area contributed by atoms with Crippen LogP contribution < -0.4 is 10.6 Å². The van der Waals surface area contributed by atoms with Crippen molar-refractivity contribution in [2.75, 3.05) is 12.5 Å². The lowest BCUT2D eigenvalue weighted by atomic mass is 9.95. The van der Waals surface area contributed by atoms with E-state index in [2.05, 4.69) is 10.6 Å². The molecular formula is C14H13Cl2FN2O3. The number of allylic oxidation sites excluding steroid dienone is 1. The van der Waals surface area contributed by atoms with E-state index < -0.39 is 23.9 Å². The zero-order chi connectivity index (χ0) is 16.3. The topological polar surface area (TPSA) is 67.4 Å². The maximum absolute atomic E-state index is 14.2. The third-order valence-corrected chi connectivity index (χ3v) is 3.67. The first-order valence-electron chi connectivity index (χ1n) is 6.47. The van der Waals surface area contributed by atoms with Gasteiger partial charge in [-0.05, 0) is 19.1 Å². The lowest BCUT2D eigenvalue weighted by molar-refractivity contribution is -0.139. The van der Waals surface area contributed by atoms with Crippen molar-refractivity contribution in [1.82, 2.24) is 10.6 Å². The number of rotatable bonds is 4. The molecule has 1 atom stereocenters. The molecule has 1 aromatic carbocycles. The van der Waals surface area contributed by atoms with Gasteiger partial charge in [-0.25, -0.2) is 14.0 Å². The molecule has 1 heterocycles. The Morgan fingerprint density at radius 2 is 2.18 bits per heavy atom. The molecule has 0 unspecified atom stereocenters. The molecule has 0 aliphatic carbocycles. The van der Waals surface area contributed by atoms with Crippen molar-refractivity contribution in [3.05, 3.63) is 45.9 Å². The minimum absolute atomic E-state index is 0.00955. The van der Waals surface area contributed by atoms with Crippen molar-refractivity contribution in [3.63, 3.8) is 0 Å². The Bertz CT molecular complexity index is 629. The molecule has 0 spiro atoms. The first-order valence-corrected chi connectivity index (χ1v) is 7.38. The van der Waals surface area contributed by atoms with E-state index in [-0.39, 0.29) is 34.3 Å². The minimum Gasteiger partial charge on any atom is -0.463 e. The van der Waals surface area contributed by atoms with Gasteiger partial charge in [0.1, 0.15) is 5.82 Å². The monoisotopic (exact) mass is 346 g/mol. The van der Waals surface area contributed by atoms with Gasteiger partial charge in [-0.15, -0.1) is 11.6 Å². The van der Waals surface area contributed by atoms with Crippen LogP contribution in [0.3, 0.4) is 0 Å². The van der Waals surface area contributed by atoms with Crippen LogP contribution in [0.15, 0.2) is 29.5 Å². The van der Waals surface area contributed by atoms with Gasteiger partial charge in [0.05, 0.1) is 24.1 Å². The molecule has 0 radical (unpaired) electrons. The number of carbonyl (C=O) groups excluding carboxylic acids is 2. The van der Waals surface area contributed by atoms with Crippen LogP contribution in [0.2, 0.25) is 5.02 Å². The summed E-state index contributed by atoms with van der Waals surface area (Å²) in [4.78, 5) is 23.9. The molecule has 0 aromatic heterocycles. The van der Waals surface area contributed by atoms with Gasteiger partial charge in [0.15, 0.2) is 0 Å². The molecule has 0 bridgehead atoms. The van der Waals surface area contributed by atoms with Crippen LogP contribution >= 0.6 is 23.2 Å². The summed E-state index contributed by atoms with van der Waals surface area (Å²) in [6.45, 7) is 1.77. The minimum atomic E-state index is -1.07. The molecule has 2 N–H and O–H groups in total. The van der Waals surface area contributed by atoms with E-state index in [4.69, 9.17) is 27.9 Å². The van der Waals surface area contributed by atoms with E-state index in [0.29, 0.717) is 0 Å². The number of halogens is 3. The van der Waals surface area contributed by atoms with E-state index in [9.17, 15) is 14.0 Å². The smallest absolute Gasteiger partial charge is 0.338 e. The summed E-state index contributed by atoms with van der Waals surface area (Å²) in [5.74, 6) is -1.48. The molecule has 1 aliphatic heterocycles. The Morgan fingerprint density at radius 1 is 1.45 bits per heavy atom. The lowest BCUT2D eigenvalue weighted by Gasteiger charge is -2.29. The second-order valence-electron chi connectivity index (χ2n) is 4.41. The van der Waals surface area contributed by atoms with Crippen molar-refractivity contribution in [2.24, 2.45) is 0 Å². The standard InChI is InChI=1S/C14H13Cl2FN2O3/c1-2-22-13(20)11-9(6-15)18-14(21)19-12(11)10-7(16)4-3-5-8(10)17/h3-5,12H,2,6H2,1H3,(H2,18,19,21)/t12-/m1/s1. The molecular weight excluding hydrogens is 334 g/mol. The SMILES string of the molecule is CCOC(=O)C1=C(CCl)NC(=O)N[C@@H]1c1c(F)cccc1Cl. The molecule has 1 aliphatic rings. The largest absolute Gasteiger partial charge is 0.463 e. The predicted molar refractivity (Wildman–Crippen MR) is 80.2 cm³/mol. The molecule has 8 heteroatoms. The normalized spacial score (nSPS) is 17.8. The number of hydrogen-bond acceptors (Lipinski definition) is 3. The number of esters is 1. The highest BCUT2D eigenvalue weighted by atomic mass is 35.5. The molecule has 1 aromatic rings. The summed E-state index contributed by atoms with van der Waals surface area (Å²) < 4.78 is 19.1. The van der Waals surface area contributed by atoms with E-state index in [0.717, 1.165) is 0 Å². The first kappa shape index (κ1) is 16.6. The number of carbonyl (C=O) groups is 2. The van der Waals surface area contributed by atoms with E-state index in [1.54, 1.807) is 6.92 Å². The third kappa shape index (κ3) is 3.18. The number of nitrogens with one attached hydrogen (secondary N) is 2. The fourth-order valence-electron chi connectivity index (χ4n) is 2.18. The molecule has 2 rings (SSSR count). The van der Waals surface area contributed by atoms with Crippen LogP contribution in [-0.2, 0) is 9.53 Å². The number of ether oxygens (including phenoxy) is 1.